The van der Waals surface area contributed by atoms with Crippen molar-refractivity contribution in [1.29, 1.82) is 0 Å². The predicted molar refractivity (Wildman–Crippen MR) is 152 cm³/mol. The zero-order chi connectivity index (χ0) is 26.9. The summed E-state index contributed by atoms with van der Waals surface area (Å²) in [5, 5.41) is 4.57. The summed E-state index contributed by atoms with van der Waals surface area (Å²) >= 11 is 1.47. The molecule has 0 saturated heterocycles. The molecule has 2 aromatic carbocycles. The molecule has 0 bridgehead atoms. The van der Waals surface area contributed by atoms with Crippen molar-refractivity contribution in [3.05, 3.63) is 75.7 Å². The van der Waals surface area contributed by atoms with E-state index >= 15 is 0 Å². The highest BCUT2D eigenvalue weighted by Gasteiger charge is 2.17. The molecule has 1 N–H and O–H groups in total. The molecule has 2 aromatic heterocycles. The molecule has 0 aliphatic heterocycles. The molecule has 8 nitrogen and oxygen atoms in total. The number of hydrazone groups is 1. The van der Waals surface area contributed by atoms with E-state index < -0.39 is 5.91 Å². The zero-order valence-electron chi connectivity index (χ0n) is 21.9. The number of amides is 1. The second-order valence-corrected chi connectivity index (χ2v) is 10.1. The van der Waals surface area contributed by atoms with Gasteiger partial charge < -0.3 is 9.47 Å². The molecule has 0 aliphatic carbocycles. The molecule has 0 spiro atoms. The zero-order valence-corrected chi connectivity index (χ0v) is 22.7. The lowest BCUT2D eigenvalue weighted by molar-refractivity contribution is -0.121. The van der Waals surface area contributed by atoms with E-state index in [-0.39, 0.29) is 12.1 Å². The lowest BCUT2D eigenvalue weighted by Gasteiger charge is -2.11. The van der Waals surface area contributed by atoms with Gasteiger partial charge in [-0.15, -0.1) is 11.3 Å². The molecule has 2 heterocycles. The second-order valence-electron chi connectivity index (χ2n) is 8.87. The van der Waals surface area contributed by atoms with Crippen LogP contribution in [0.1, 0.15) is 43.0 Å². The average molecular weight is 533 g/mol. The van der Waals surface area contributed by atoms with E-state index in [0.29, 0.717) is 28.3 Å². The lowest BCUT2D eigenvalue weighted by atomic mass is 10.0. The number of rotatable bonds is 12. The average Bonchev–Trinajstić information content (AvgIpc) is 3.27. The summed E-state index contributed by atoms with van der Waals surface area (Å²) in [6.45, 7) is 4.59. The molecule has 0 atom stereocenters. The summed E-state index contributed by atoms with van der Waals surface area (Å²) in [4.78, 5) is 31.9. The number of benzene rings is 2. The number of hydrogen-bond donors (Lipinski definition) is 1. The monoisotopic (exact) mass is 532 g/mol. The first kappa shape index (κ1) is 27.1. The van der Waals surface area contributed by atoms with Gasteiger partial charge in [-0.1, -0.05) is 56.5 Å². The Kier molecular flexibility index (Phi) is 9.26. The number of ether oxygens (including phenoxy) is 2. The molecule has 38 heavy (non-hydrogen) atoms. The first-order valence-electron chi connectivity index (χ1n) is 12.7. The summed E-state index contributed by atoms with van der Waals surface area (Å²) in [5.41, 5.74) is 4.78. The van der Waals surface area contributed by atoms with Gasteiger partial charge in [0.15, 0.2) is 11.5 Å². The number of nitrogens with zero attached hydrogens (tertiary/aromatic N) is 3. The number of carbonyl (C=O) groups is 1. The molecular formula is C29H32N4O4S. The van der Waals surface area contributed by atoms with Crippen molar-refractivity contribution >= 4 is 33.7 Å². The van der Waals surface area contributed by atoms with E-state index in [0.717, 1.165) is 34.4 Å². The topological polar surface area (TPSA) is 94.8 Å². The van der Waals surface area contributed by atoms with Gasteiger partial charge in [-0.3, -0.25) is 14.2 Å². The fourth-order valence-electron chi connectivity index (χ4n) is 4.17. The van der Waals surface area contributed by atoms with E-state index in [9.17, 15) is 9.59 Å². The van der Waals surface area contributed by atoms with Crippen LogP contribution in [0.4, 0.5) is 0 Å². The Morgan fingerprint density at radius 3 is 2.71 bits per heavy atom. The number of carbonyl (C=O) groups excluding carboxylic acids is 1. The Hall–Kier alpha value is -3.98. The smallest absolute Gasteiger partial charge is 0.263 e. The van der Waals surface area contributed by atoms with Crippen LogP contribution in [-0.2, 0) is 11.3 Å². The van der Waals surface area contributed by atoms with Gasteiger partial charge in [-0.25, -0.2) is 10.4 Å². The quantitative estimate of drug-likeness (QED) is 0.147. The number of methoxy groups -OCH3 is 1. The van der Waals surface area contributed by atoms with Crippen molar-refractivity contribution in [2.75, 3.05) is 13.7 Å². The third-order valence-electron chi connectivity index (χ3n) is 6.08. The van der Waals surface area contributed by atoms with Crippen molar-refractivity contribution in [2.24, 2.45) is 5.10 Å². The van der Waals surface area contributed by atoms with Gasteiger partial charge in [-0.2, -0.15) is 5.10 Å². The van der Waals surface area contributed by atoms with Crippen molar-refractivity contribution in [2.45, 2.75) is 46.1 Å². The van der Waals surface area contributed by atoms with E-state index in [1.165, 1.54) is 41.3 Å². The van der Waals surface area contributed by atoms with Crippen LogP contribution in [0.5, 0.6) is 11.5 Å². The number of fused-ring (bicyclic) bond motifs is 1. The van der Waals surface area contributed by atoms with E-state index in [1.807, 2.05) is 49.4 Å². The number of nitrogens with one attached hydrogen (secondary N) is 1. The van der Waals surface area contributed by atoms with Crippen LogP contribution in [-0.4, -0.2) is 35.4 Å². The predicted octanol–water partition coefficient (Wildman–Crippen LogP) is 5.55. The van der Waals surface area contributed by atoms with Gasteiger partial charge in [-0.05, 0) is 42.7 Å². The molecule has 4 aromatic rings. The minimum atomic E-state index is -0.434. The molecule has 4 rings (SSSR count). The van der Waals surface area contributed by atoms with E-state index in [1.54, 1.807) is 13.2 Å². The fraction of sp³-hybridized carbons (Fsp3) is 0.310. The third-order valence-corrected chi connectivity index (χ3v) is 7.09. The molecule has 1 amide bonds. The van der Waals surface area contributed by atoms with E-state index in [4.69, 9.17) is 9.47 Å². The third kappa shape index (κ3) is 6.47. The lowest BCUT2D eigenvalue weighted by Crippen LogP contribution is -2.30. The molecule has 0 fully saturated rings. The van der Waals surface area contributed by atoms with Crippen molar-refractivity contribution in [1.82, 2.24) is 15.0 Å². The molecule has 0 unspecified atom stereocenters. The molecule has 198 valence electrons. The highest BCUT2D eigenvalue weighted by molar-refractivity contribution is 7.19. The standard InChI is InChI=1S/C29H32N4O4S/c1-4-5-6-10-15-37-23-14-13-21(16-24(23)36-3)17-31-32-25(34)18-33-19-30-28-27(29(33)35)26(20(2)38-28)22-11-8-7-9-12-22/h7-9,11-14,16-17,19H,4-6,10,15,18H2,1-3H3,(H,32,34)/b31-17+. The molecule has 0 radical (unpaired) electrons. The highest BCUT2D eigenvalue weighted by Crippen LogP contribution is 2.35. The SMILES string of the molecule is CCCCCCOc1ccc(/C=N/NC(=O)Cn2cnc3sc(C)c(-c4ccccc4)c3c2=O)cc1OC. The fourth-order valence-corrected chi connectivity index (χ4v) is 5.17. The van der Waals surface area contributed by atoms with Gasteiger partial charge in [0.2, 0.25) is 0 Å². The maximum Gasteiger partial charge on any atom is 0.263 e. The Morgan fingerprint density at radius 1 is 1.13 bits per heavy atom. The maximum absolute atomic E-state index is 13.3. The number of aryl methyl sites for hydroxylation is 1. The van der Waals surface area contributed by atoms with Gasteiger partial charge in [0, 0.05) is 10.4 Å². The molecule has 9 heteroatoms. The minimum Gasteiger partial charge on any atom is -0.493 e. The Bertz CT molecular complexity index is 1480. The maximum atomic E-state index is 13.3. The number of unbranched alkanes of at least 4 members (excludes halogenated alkanes) is 3. The number of thiophene rings is 1. The first-order chi connectivity index (χ1) is 18.5. The van der Waals surface area contributed by atoms with Crippen LogP contribution < -0.4 is 20.5 Å². The Labute approximate surface area is 225 Å². The van der Waals surface area contributed by atoms with E-state index in [2.05, 4.69) is 22.4 Å². The molecule has 0 aliphatic rings. The van der Waals surface area contributed by atoms with Crippen LogP contribution >= 0.6 is 11.3 Å². The van der Waals surface area contributed by atoms with Crippen LogP contribution in [0.2, 0.25) is 0 Å². The summed E-state index contributed by atoms with van der Waals surface area (Å²) in [5.74, 6) is 0.838. The normalized spacial score (nSPS) is 11.2. The van der Waals surface area contributed by atoms with Gasteiger partial charge in [0.1, 0.15) is 11.4 Å². The summed E-state index contributed by atoms with van der Waals surface area (Å²) in [7, 11) is 1.59. The summed E-state index contributed by atoms with van der Waals surface area (Å²) in [6.07, 6.45) is 7.44. The van der Waals surface area contributed by atoms with Crippen molar-refractivity contribution < 1.29 is 14.3 Å². The van der Waals surface area contributed by atoms with Gasteiger partial charge >= 0.3 is 0 Å². The van der Waals surface area contributed by atoms with Gasteiger partial charge in [0.25, 0.3) is 11.5 Å². The Morgan fingerprint density at radius 2 is 1.95 bits per heavy atom. The highest BCUT2D eigenvalue weighted by atomic mass is 32.1. The Balaban J connectivity index is 1.41. The number of aromatic nitrogens is 2. The summed E-state index contributed by atoms with van der Waals surface area (Å²) < 4.78 is 12.6. The summed E-state index contributed by atoms with van der Waals surface area (Å²) in [6, 6.07) is 15.2. The van der Waals surface area contributed by atoms with Crippen LogP contribution in [0.15, 0.2) is 64.8 Å². The second kappa shape index (κ2) is 13.0. The van der Waals surface area contributed by atoms with Crippen molar-refractivity contribution in [3.63, 3.8) is 0 Å². The largest absolute Gasteiger partial charge is 0.493 e. The van der Waals surface area contributed by atoms with Gasteiger partial charge in [0.05, 0.1) is 31.6 Å². The molecular weight excluding hydrogens is 500 g/mol. The number of hydrogen-bond acceptors (Lipinski definition) is 7. The van der Waals surface area contributed by atoms with Crippen LogP contribution in [0.25, 0.3) is 21.3 Å². The minimum absolute atomic E-state index is 0.198. The van der Waals surface area contributed by atoms with Crippen LogP contribution in [0.3, 0.4) is 0 Å². The van der Waals surface area contributed by atoms with Crippen molar-refractivity contribution in [3.8, 4) is 22.6 Å². The molecule has 0 saturated carbocycles. The first-order valence-corrected chi connectivity index (χ1v) is 13.5. The van der Waals surface area contributed by atoms with Crippen LogP contribution in [0, 0.1) is 6.92 Å².